The minimum atomic E-state index is -0.512. The van der Waals surface area contributed by atoms with Gasteiger partial charge in [0.1, 0.15) is 10.7 Å². The Bertz CT molecular complexity index is 433. The van der Waals surface area contributed by atoms with Crippen LogP contribution in [0.3, 0.4) is 0 Å². The number of nitrogens with two attached hydrogens (primary N) is 1. The van der Waals surface area contributed by atoms with E-state index in [1.54, 1.807) is 24.3 Å². The number of rotatable bonds is 3. The Kier molecular flexibility index (Phi) is 3.05. The van der Waals surface area contributed by atoms with E-state index in [1.807, 2.05) is 0 Å². The minimum Gasteiger partial charge on any atom is -0.479 e. The Morgan fingerprint density at radius 2 is 2.38 bits per heavy atom. The minimum absolute atomic E-state index is 0.305. The Morgan fingerprint density at radius 1 is 1.56 bits per heavy atom. The van der Waals surface area contributed by atoms with Gasteiger partial charge in [-0.15, -0.1) is 0 Å². The van der Waals surface area contributed by atoms with Crippen molar-refractivity contribution in [1.82, 2.24) is 0 Å². The summed E-state index contributed by atoms with van der Waals surface area (Å²) < 4.78 is 10.3. The molecule has 84 valence electrons. The molecule has 1 fully saturated rings. The van der Waals surface area contributed by atoms with Gasteiger partial charge in [-0.25, -0.2) is 4.79 Å². The fraction of sp³-hybridized carbons (Fsp3) is 0.273. The molecule has 1 aliphatic rings. The summed E-state index contributed by atoms with van der Waals surface area (Å²) in [6.07, 6.45) is 0.0671. The lowest BCUT2D eigenvalue weighted by Gasteiger charge is -2.10. The molecule has 0 spiro atoms. The summed E-state index contributed by atoms with van der Waals surface area (Å²) in [5.74, 6) is 0.259. The molecule has 4 nitrogen and oxygen atoms in total. The van der Waals surface area contributed by atoms with E-state index < -0.39 is 6.10 Å². The second kappa shape index (κ2) is 4.49. The second-order valence-electron chi connectivity index (χ2n) is 3.45. The van der Waals surface area contributed by atoms with E-state index in [0.29, 0.717) is 23.8 Å². The van der Waals surface area contributed by atoms with E-state index in [1.165, 1.54) is 0 Å². The molecule has 1 saturated heterocycles. The number of ether oxygens (including phenoxy) is 2. The van der Waals surface area contributed by atoms with Crippen LogP contribution in [0.1, 0.15) is 12.0 Å². The van der Waals surface area contributed by atoms with Crippen molar-refractivity contribution in [3.63, 3.8) is 0 Å². The van der Waals surface area contributed by atoms with Crippen molar-refractivity contribution in [3.05, 3.63) is 29.8 Å². The Balaban J connectivity index is 2.12. The van der Waals surface area contributed by atoms with Crippen LogP contribution >= 0.6 is 12.2 Å². The van der Waals surface area contributed by atoms with Crippen LogP contribution in [0.5, 0.6) is 5.75 Å². The van der Waals surface area contributed by atoms with E-state index >= 15 is 0 Å². The van der Waals surface area contributed by atoms with Crippen molar-refractivity contribution in [3.8, 4) is 5.75 Å². The molecule has 0 aliphatic carbocycles. The van der Waals surface area contributed by atoms with Crippen molar-refractivity contribution in [1.29, 1.82) is 0 Å². The molecule has 1 heterocycles. The van der Waals surface area contributed by atoms with Gasteiger partial charge in [-0.3, -0.25) is 0 Å². The zero-order valence-electron chi connectivity index (χ0n) is 8.51. The summed E-state index contributed by atoms with van der Waals surface area (Å²) in [5.41, 5.74) is 6.22. The van der Waals surface area contributed by atoms with Gasteiger partial charge in [-0.05, 0) is 12.1 Å². The standard InChI is InChI=1S/C11H11NO3S/c12-10(16)7-2-1-3-8(6-7)15-9-4-5-14-11(9)13/h1-3,6,9H,4-5H2,(H2,12,16). The maximum absolute atomic E-state index is 11.2. The summed E-state index contributed by atoms with van der Waals surface area (Å²) in [6, 6.07) is 7.05. The van der Waals surface area contributed by atoms with E-state index in [4.69, 9.17) is 27.4 Å². The molecule has 0 aromatic heterocycles. The highest BCUT2D eigenvalue weighted by molar-refractivity contribution is 7.80. The van der Waals surface area contributed by atoms with Gasteiger partial charge in [0.25, 0.3) is 0 Å². The summed E-state index contributed by atoms with van der Waals surface area (Å²) in [7, 11) is 0. The van der Waals surface area contributed by atoms with Crippen LogP contribution in [-0.4, -0.2) is 23.7 Å². The third-order valence-corrected chi connectivity index (χ3v) is 2.52. The molecule has 1 aliphatic heterocycles. The first kappa shape index (κ1) is 10.9. The molecule has 1 atom stereocenters. The summed E-state index contributed by atoms with van der Waals surface area (Å²) >= 11 is 4.86. The molecule has 1 unspecified atom stereocenters. The predicted molar refractivity (Wildman–Crippen MR) is 62.3 cm³/mol. The number of esters is 1. The van der Waals surface area contributed by atoms with Crippen LogP contribution in [0.15, 0.2) is 24.3 Å². The van der Waals surface area contributed by atoms with Crippen molar-refractivity contribution in [2.45, 2.75) is 12.5 Å². The number of benzene rings is 1. The third-order valence-electron chi connectivity index (χ3n) is 2.28. The Hall–Kier alpha value is -1.62. The van der Waals surface area contributed by atoms with Crippen molar-refractivity contribution in [2.75, 3.05) is 6.61 Å². The number of hydrogen-bond donors (Lipinski definition) is 1. The normalized spacial score (nSPS) is 19.2. The van der Waals surface area contributed by atoms with Crippen molar-refractivity contribution >= 4 is 23.2 Å². The molecule has 5 heteroatoms. The molecule has 0 bridgehead atoms. The lowest BCUT2D eigenvalue weighted by Crippen LogP contribution is -2.21. The van der Waals surface area contributed by atoms with Gasteiger partial charge in [-0.2, -0.15) is 0 Å². The zero-order valence-corrected chi connectivity index (χ0v) is 9.33. The molecule has 0 radical (unpaired) electrons. The molecular formula is C11H11NO3S. The van der Waals surface area contributed by atoms with Crippen molar-refractivity contribution in [2.24, 2.45) is 5.73 Å². The van der Waals surface area contributed by atoms with E-state index in [0.717, 1.165) is 5.56 Å². The first-order valence-electron chi connectivity index (χ1n) is 4.90. The lowest BCUT2D eigenvalue weighted by atomic mass is 10.2. The highest BCUT2D eigenvalue weighted by Crippen LogP contribution is 2.19. The molecule has 0 saturated carbocycles. The van der Waals surface area contributed by atoms with Gasteiger partial charge >= 0.3 is 5.97 Å². The zero-order chi connectivity index (χ0) is 11.5. The van der Waals surface area contributed by atoms with E-state index in [9.17, 15) is 4.79 Å². The molecule has 2 rings (SSSR count). The predicted octanol–water partition coefficient (Wildman–Crippen LogP) is 1.02. The monoisotopic (exact) mass is 237 g/mol. The summed E-state index contributed by atoms with van der Waals surface area (Å²) in [6.45, 7) is 0.415. The fourth-order valence-electron chi connectivity index (χ4n) is 1.47. The SMILES string of the molecule is NC(=S)c1cccc(OC2CCOC2=O)c1. The smallest absolute Gasteiger partial charge is 0.347 e. The van der Waals surface area contributed by atoms with Gasteiger partial charge in [0.15, 0.2) is 6.10 Å². The van der Waals surface area contributed by atoms with Crippen molar-refractivity contribution < 1.29 is 14.3 Å². The molecule has 2 N–H and O–H groups in total. The maximum atomic E-state index is 11.2. The Morgan fingerprint density at radius 3 is 3.00 bits per heavy atom. The van der Waals surface area contributed by atoms with Crippen LogP contribution in [-0.2, 0) is 9.53 Å². The summed E-state index contributed by atoms with van der Waals surface area (Å²) in [4.78, 5) is 11.5. The first-order valence-corrected chi connectivity index (χ1v) is 5.31. The van der Waals surface area contributed by atoms with E-state index in [-0.39, 0.29) is 5.97 Å². The van der Waals surface area contributed by atoms with Gasteiger partial charge in [-0.1, -0.05) is 24.4 Å². The fourth-order valence-corrected chi connectivity index (χ4v) is 1.60. The van der Waals surface area contributed by atoms with Crippen LogP contribution in [0, 0.1) is 0 Å². The molecular weight excluding hydrogens is 226 g/mol. The molecule has 1 aromatic rings. The average Bonchev–Trinajstić information content (AvgIpc) is 2.65. The quantitative estimate of drug-likeness (QED) is 0.628. The molecule has 0 amide bonds. The lowest BCUT2D eigenvalue weighted by molar-refractivity contribution is -0.143. The van der Waals surface area contributed by atoms with Crippen LogP contribution < -0.4 is 10.5 Å². The number of cyclic esters (lactones) is 1. The maximum Gasteiger partial charge on any atom is 0.347 e. The van der Waals surface area contributed by atoms with Gasteiger partial charge < -0.3 is 15.2 Å². The third kappa shape index (κ3) is 2.30. The van der Waals surface area contributed by atoms with E-state index in [2.05, 4.69) is 0 Å². The Labute approximate surface area is 98.3 Å². The molecule has 1 aromatic carbocycles. The van der Waals surface area contributed by atoms with Crippen LogP contribution in [0.2, 0.25) is 0 Å². The number of carbonyl (C=O) groups excluding carboxylic acids is 1. The number of carbonyl (C=O) groups is 1. The average molecular weight is 237 g/mol. The van der Waals surface area contributed by atoms with Gasteiger partial charge in [0.05, 0.1) is 6.61 Å². The molecule has 16 heavy (non-hydrogen) atoms. The number of thiocarbonyl (C=S) groups is 1. The highest BCUT2D eigenvalue weighted by Gasteiger charge is 2.28. The van der Waals surface area contributed by atoms with Gasteiger partial charge in [0.2, 0.25) is 0 Å². The van der Waals surface area contributed by atoms with Crippen LogP contribution in [0.25, 0.3) is 0 Å². The first-order chi connectivity index (χ1) is 7.66. The van der Waals surface area contributed by atoms with Crippen LogP contribution in [0.4, 0.5) is 0 Å². The summed E-state index contributed by atoms with van der Waals surface area (Å²) in [5, 5.41) is 0. The topological polar surface area (TPSA) is 61.6 Å². The highest BCUT2D eigenvalue weighted by atomic mass is 32.1. The largest absolute Gasteiger partial charge is 0.479 e. The number of hydrogen-bond acceptors (Lipinski definition) is 4. The van der Waals surface area contributed by atoms with Gasteiger partial charge in [0, 0.05) is 12.0 Å². The second-order valence-corrected chi connectivity index (χ2v) is 3.89.